The zero-order valence-electron chi connectivity index (χ0n) is 22.9. The van der Waals surface area contributed by atoms with E-state index in [1.165, 1.54) is 11.7 Å². The van der Waals surface area contributed by atoms with Gasteiger partial charge in [0.2, 0.25) is 0 Å². The fourth-order valence-corrected chi connectivity index (χ4v) is 5.23. The third-order valence-electron chi connectivity index (χ3n) is 7.59. The first-order valence-electron chi connectivity index (χ1n) is 13.7. The fraction of sp³-hybridized carbons (Fsp3) is 0.379. The molecule has 1 aliphatic carbocycles. The highest BCUT2D eigenvalue weighted by Crippen LogP contribution is 2.32. The summed E-state index contributed by atoms with van der Waals surface area (Å²) in [6.45, 7) is 4.82. The van der Waals surface area contributed by atoms with Crippen molar-refractivity contribution in [1.29, 1.82) is 0 Å². The van der Waals surface area contributed by atoms with E-state index in [-0.39, 0.29) is 11.2 Å². The van der Waals surface area contributed by atoms with Gasteiger partial charge in [-0.25, -0.2) is 19.4 Å². The Balaban J connectivity index is 1.44. The molecule has 0 spiro atoms. The Labute approximate surface area is 230 Å². The number of methoxy groups -OCH3 is 1. The lowest BCUT2D eigenvalue weighted by Gasteiger charge is -2.16. The predicted octanol–water partition coefficient (Wildman–Crippen LogP) is 3.78. The number of H-pyrrole nitrogens is 1. The molecule has 5 aromatic rings. The minimum atomic E-state index is -0.688. The van der Waals surface area contributed by atoms with Crippen LogP contribution >= 0.6 is 0 Å². The van der Waals surface area contributed by atoms with Crippen LogP contribution in [0.1, 0.15) is 50.7 Å². The Morgan fingerprint density at radius 2 is 1.80 bits per heavy atom. The quantitative estimate of drug-likeness (QED) is 0.286. The first-order chi connectivity index (χ1) is 19.5. The normalized spacial score (nSPS) is 14.2. The van der Waals surface area contributed by atoms with Gasteiger partial charge in [-0.1, -0.05) is 55.5 Å². The molecule has 1 fully saturated rings. The van der Waals surface area contributed by atoms with E-state index in [9.17, 15) is 9.59 Å². The standard InChI is InChI=1S/C29H32N8O3/c1-4-7-24-30-27-25(28(38)37(18(2)40-3)29(39)36(27)17-19-10-11-19)35(24)16-20-12-14-21(15-13-20)22-8-5-6-9-23(22)26-31-33-34-32-26/h5-6,8-9,12-15,18-19H,4,7,10-11,16-17H2,1-3H3,(H,31,32,33,34). The number of nitrogens with one attached hydrogen (secondary N) is 1. The molecule has 6 rings (SSSR count). The average Bonchev–Trinajstić information content (AvgIpc) is 3.48. The molecule has 0 aliphatic heterocycles. The molecule has 0 amide bonds. The third-order valence-corrected chi connectivity index (χ3v) is 7.59. The van der Waals surface area contributed by atoms with Gasteiger partial charge in [-0.3, -0.25) is 9.36 Å². The third kappa shape index (κ3) is 4.66. The zero-order valence-corrected chi connectivity index (χ0v) is 22.9. The van der Waals surface area contributed by atoms with Gasteiger partial charge in [-0.15, -0.1) is 5.10 Å². The lowest BCUT2D eigenvalue weighted by molar-refractivity contribution is 0.0529. The Kier molecular flexibility index (Phi) is 6.89. The maximum absolute atomic E-state index is 13.8. The van der Waals surface area contributed by atoms with Crippen LogP contribution in [0.25, 0.3) is 33.7 Å². The number of hydrogen-bond donors (Lipinski definition) is 1. The second kappa shape index (κ2) is 10.6. The monoisotopic (exact) mass is 540 g/mol. The van der Waals surface area contributed by atoms with Crippen LogP contribution in [-0.2, 0) is 24.2 Å². The van der Waals surface area contributed by atoms with E-state index < -0.39 is 6.23 Å². The number of rotatable bonds is 10. The van der Waals surface area contributed by atoms with Crippen molar-refractivity contribution in [2.75, 3.05) is 7.11 Å². The number of aromatic nitrogens is 8. The topological polar surface area (TPSA) is 126 Å². The molecule has 3 heterocycles. The Bertz CT molecular complexity index is 1760. The summed E-state index contributed by atoms with van der Waals surface area (Å²) < 4.78 is 10.3. The van der Waals surface area contributed by atoms with E-state index in [4.69, 9.17) is 9.72 Å². The molecule has 3 aromatic heterocycles. The number of aryl methyl sites for hydroxylation is 1. The predicted molar refractivity (Wildman–Crippen MR) is 151 cm³/mol. The van der Waals surface area contributed by atoms with Gasteiger partial charge in [0.15, 0.2) is 17.0 Å². The molecular weight excluding hydrogens is 508 g/mol. The molecule has 0 radical (unpaired) electrons. The van der Waals surface area contributed by atoms with Crippen molar-refractivity contribution in [2.45, 2.75) is 58.8 Å². The van der Waals surface area contributed by atoms with Crippen LogP contribution in [0.3, 0.4) is 0 Å². The van der Waals surface area contributed by atoms with E-state index in [0.717, 1.165) is 47.3 Å². The molecule has 1 atom stereocenters. The van der Waals surface area contributed by atoms with Crippen molar-refractivity contribution in [3.05, 3.63) is 80.8 Å². The first kappa shape index (κ1) is 25.9. The molecule has 11 heteroatoms. The first-order valence-corrected chi connectivity index (χ1v) is 13.7. The zero-order chi connectivity index (χ0) is 27.8. The summed E-state index contributed by atoms with van der Waals surface area (Å²) in [6.07, 6.45) is 3.04. The molecule has 1 N–H and O–H groups in total. The molecule has 40 heavy (non-hydrogen) atoms. The highest BCUT2D eigenvalue weighted by Gasteiger charge is 2.28. The van der Waals surface area contributed by atoms with Gasteiger partial charge in [-0.2, -0.15) is 0 Å². The van der Waals surface area contributed by atoms with Crippen molar-refractivity contribution >= 4 is 11.2 Å². The SMILES string of the molecule is CCCc1nc2c(c(=O)n(C(C)OC)c(=O)n2CC2CC2)n1Cc1ccc(-c2ccccc2-c2nnn[nH]2)cc1. The Morgan fingerprint density at radius 1 is 1.05 bits per heavy atom. The number of imidazole rings is 1. The summed E-state index contributed by atoms with van der Waals surface area (Å²) in [5, 5.41) is 14.3. The maximum atomic E-state index is 13.8. The summed E-state index contributed by atoms with van der Waals surface area (Å²) in [7, 11) is 1.50. The number of tetrazole rings is 1. The van der Waals surface area contributed by atoms with Crippen molar-refractivity contribution in [3.8, 4) is 22.5 Å². The summed E-state index contributed by atoms with van der Waals surface area (Å²) in [5.41, 5.74) is 4.13. The lowest BCUT2D eigenvalue weighted by atomic mass is 9.98. The smallest absolute Gasteiger partial charge is 0.334 e. The molecule has 1 saturated carbocycles. The van der Waals surface area contributed by atoms with Gasteiger partial charge < -0.3 is 9.30 Å². The summed E-state index contributed by atoms with van der Waals surface area (Å²) in [5.74, 6) is 1.84. The molecule has 1 aliphatic rings. The van der Waals surface area contributed by atoms with Crippen molar-refractivity contribution in [2.24, 2.45) is 5.92 Å². The molecule has 11 nitrogen and oxygen atoms in total. The van der Waals surface area contributed by atoms with Gasteiger partial charge >= 0.3 is 5.69 Å². The number of hydrogen-bond acceptors (Lipinski definition) is 7. The second-order valence-corrected chi connectivity index (χ2v) is 10.4. The molecule has 206 valence electrons. The van der Waals surface area contributed by atoms with E-state index >= 15 is 0 Å². The minimum absolute atomic E-state index is 0.364. The van der Waals surface area contributed by atoms with Gasteiger partial charge in [-0.05, 0) is 59.2 Å². The van der Waals surface area contributed by atoms with E-state index in [1.807, 2.05) is 28.8 Å². The van der Waals surface area contributed by atoms with Crippen LogP contribution in [0, 0.1) is 5.92 Å². The molecule has 1 unspecified atom stereocenters. The van der Waals surface area contributed by atoms with E-state index in [1.54, 1.807) is 11.5 Å². The number of fused-ring (bicyclic) bond motifs is 1. The Morgan fingerprint density at radius 3 is 2.45 bits per heavy atom. The van der Waals surface area contributed by atoms with E-state index in [0.29, 0.717) is 42.4 Å². The summed E-state index contributed by atoms with van der Waals surface area (Å²) >= 11 is 0. The summed E-state index contributed by atoms with van der Waals surface area (Å²) in [6, 6.07) is 16.2. The molecule has 0 saturated heterocycles. The lowest BCUT2D eigenvalue weighted by Crippen LogP contribution is -2.43. The van der Waals surface area contributed by atoms with Crippen LogP contribution in [0.2, 0.25) is 0 Å². The van der Waals surface area contributed by atoms with Crippen LogP contribution in [0.15, 0.2) is 58.1 Å². The van der Waals surface area contributed by atoms with Crippen molar-refractivity contribution < 1.29 is 4.74 Å². The van der Waals surface area contributed by atoms with Crippen molar-refractivity contribution in [1.82, 2.24) is 39.3 Å². The molecular formula is C29H32N8O3. The number of ether oxygens (including phenoxy) is 1. The minimum Gasteiger partial charge on any atom is -0.361 e. The average molecular weight is 541 g/mol. The number of nitrogens with zero attached hydrogens (tertiary/aromatic N) is 7. The van der Waals surface area contributed by atoms with Crippen LogP contribution in [0.4, 0.5) is 0 Å². The van der Waals surface area contributed by atoms with Crippen LogP contribution in [0.5, 0.6) is 0 Å². The molecule has 2 aromatic carbocycles. The largest absolute Gasteiger partial charge is 0.361 e. The number of benzene rings is 2. The van der Waals surface area contributed by atoms with Gasteiger partial charge in [0.25, 0.3) is 5.56 Å². The highest BCUT2D eigenvalue weighted by molar-refractivity contribution is 5.80. The van der Waals surface area contributed by atoms with E-state index in [2.05, 4.69) is 51.8 Å². The highest BCUT2D eigenvalue weighted by atomic mass is 16.5. The molecule has 0 bridgehead atoms. The van der Waals surface area contributed by atoms with Crippen LogP contribution in [-0.4, -0.2) is 46.4 Å². The van der Waals surface area contributed by atoms with Gasteiger partial charge in [0, 0.05) is 32.2 Å². The fourth-order valence-electron chi connectivity index (χ4n) is 5.23. The Hall–Kier alpha value is -4.38. The van der Waals surface area contributed by atoms with Crippen molar-refractivity contribution in [3.63, 3.8) is 0 Å². The summed E-state index contributed by atoms with van der Waals surface area (Å²) in [4.78, 5) is 32.2. The maximum Gasteiger partial charge on any atom is 0.334 e. The van der Waals surface area contributed by atoms with Crippen LogP contribution < -0.4 is 11.2 Å². The number of aromatic amines is 1. The van der Waals surface area contributed by atoms with Gasteiger partial charge in [0.1, 0.15) is 12.1 Å². The second-order valence-electron chi connectivity index (χ2n) is 10.4. The van der Waals surface area contributed by atoms with Gasteiger partial charge in [0.05, 0.1) is 0 Å².